The van der Waals surface area contributed by atoms with Crippen LogP contribution in [0.3, 0.4) is 0 Å². The third-order valence-corrected chi connectivity index (χ3v) is 13.3. The number of quaternary nitrogens is 1. The van der Waals surface area contributed by atoms with Crippen LogP contribution in [0.25, 0.3) is 0 Å². The summed E-state index contributed by atoms with van der Waals surface area (Å²) < 4.78 is 30.5. The van der Waals surface area contributed by atoms with Gasteiger partial charge in [-0.2, -0.15) is 0 Å². The van der Waals surface area contributed by atoms with E-state index in [9.17, 15) is 19.0 Å². The van der Waals surface area contributed by atoms with E-state index in [2.05, 4.69) is 62.5 Å². The minimum atomic E-state index is -4.44. The molecule has 0 aromatic rings. The normalized spacial score (nSPS) is 14.2. The third-order valence-electron chi connectivity index (χ3n) is 12.3. The van der Waals surface area contributed by atoms with Crippen molar-refractivity contribution in [1.82, 2.24) is 5.32 Å². The molecule has 2 N–H and O–H groups in total. The summed E-state index contributed by atoms with van der Waals surface area (Å²) in [5.41, 5.74) is 0. The first-order valence-corrected chi connectivity index (χ1v) is 29.5. The van der Waals surface area contributed by atoms with E-state index in [4.69, 9.17) is 13.8 Å². The van der Waals surface area contributed by atoms with Gasteiger partial charge in [0.2, 0.25) is 5.91 Å². The lowest BCUT2D eigenvalue weighted by atomic mass is 10.0. The fourth-order valence-corrected chi connectivity index (χ4v) is 8.62. The first-order chi connectivity index (χ1) is 32.4. The van der Waals surface area contributed by atoms with Crippen molar-refractivity contribution in [3.05, 3.63) is 48.6 Å². The van der Waals surface area contributed by atoms with E-state index in [1.807, 2.05) is 33.3 Å². The summed E-state index contributed by atoms with van der Waals surface area (Å²) in [5.74, 6) is -0.526. The number of unbranched alkanes of at least 4 members (excludes halogenated alkanes) is 28. The van der Waals surface area contributed by atoms with E-state index in [1.54, 1.807) is 0 Å². The molecule has 3 atom stereocenters. The molecule has 0 radical (unpaired) electrons. The molecule has 0 aliphatic carbocycles. The monoisotopic (exact) mass is 964 g/mol. The lowest BCUT2D eigenvalue weighted by Crippen LogP contribution is -2.47. The zero-order valence-electron chi connectivity index (χ0n) is 44.6. The Balaban J connectivity index is 5.38. The van der Waals surface area contributed by atoms with Crippen LogP contribution in [0.2, 0.25) is 0 Å². The Bertz CT molecular complexity index is 1290. The van der Waals surface area contributed by atoms with Crippen LogP contribution in [0.15, 0.2) is 48.6 Å². The van der Waals surface area contributed by atoms with Crippen molar-refractivity contribution in [3.63, 3.8) is 0 Å². The molecule has 3 unspecified atom stereocenters. The van der Waals surface area contributed by atoms with Crippen LogP contribution < -0.4 is 5.32 Å². The highest BCUT2D eigenvalue weighted by Gasteiger charge is 2.30. The first-order valence-electron chi connectivity index (χ1n) is 28.0. The van der Waals surface area contributed by atoms with E-state index in [0.717, 1.165) is 83.5 Å². The number of likely N-dealkylation sites (N-methyl/N-ethyl adjacent to an activating group) is 1. The zero-order chi connectivity index (χ0) is 49.4. The van der Waals surface area contributed by atoms with Gasteiger partial charge in [-0.05, 0) is 70.3 Å². The van der Waals surface area contributed by atoms with Crippen molar-refractivity contribution < 1.29 is 37.3 Å². The number of hydrogen-bond acceptors (Lipinski definition) is 6. The highest BCUT2D eigenvalue weighted by molar-refractivity contribution is 7.47. The molecule has 0 aromatic heterocycles. The van der Waals surface area contributed by atoms with Gasteiger partial charge < -0.3 is 19.4 Å². The number of phosphoric ester groups is 1. The van der Waals surface area contributed by atoms with Crippen molar-refractivity contribution in [2.45, 2.75) is 264 Å². The van der Waals surface area contributed by atoms with E-state index < -0.39 is 20.0 Å². The summed E-state index contributed by atoms with van der Waals surface area (Å²) in [6.45, 7) is 6.96. The van der Waals surface area contributed by atoms with E-state index in [1.165, 1.54) is 135 Å². The second-order valence-electron chi connectivity index (χ2n) is 20.1. The summed E-state index contributed by atoms with van der Waals surface area (Å²) in [6, 6.07) is -0.856. The van der Waals surface area contributed by atoms with Crippen LogP contribution in [0.5, 0.6) is 0 Å². The summed E-state index contributed by atoms with van der Waals surface area (Å²) >= 11 is 0. The maximum atomic E-state index is 13.5. The van der Waals surface area contributed by atoms with Crippen LogP contribution in [-0.2, 0) is 27.9 Å². The van der Waals surface area contributed by atoms with E-state index in [-0.39, 0.29) is 31.5 Å². The maximum Gasteiger partial charge on any atom is 0.472 e. The number of hydrogen-bond donors (Lipinski definition) is 2. The lowest BCUT2D eigenvalue weighted by Gasteiger charge is -2.27. The molecular weight excluding hydrogens is 856 g/mol. The third kappa shape index (κ3) is 48.8. The average Bonchev–Trinajstić information content (AvgIpc) is 3.28. The second kappa shape index (κ2) is 47.6. The van der Waals surface area contributed by atoms with Gasteiger partial charge in [0, 0.05) is 12.8 Å². The molecule has 0 bridgehead atoms. The Hall–Kier alpha value is -2.03. The Labute approximate surface area is 414 Å². The van der Waals surface area contributed by atoms with Crippen molar-refractivity contribution in [2.24, 2.45) is 0 Å². The molecule has 9 nitrogen and oxygen atoms in total. The van der Waals surface area contributed by atoms with Crippen LogP contribution in [0.1, 0.15) is 252 Å². The number of rotatable bonds is 50. The van der Waals surface area contributed by atoms with Gasteiger partial charge in [0.05, 0.1) is 33.8 Å². The molecule has 10 heteroatoms. The molecule has 0 spiro atoms. The molecule has 392 valence electrons. The number of esters is 1. The number of allylic oxidation sites excluding steroid dienone is 7. The molecule has 1 amide bonds. The van der Waals surface area contributed by atoms with Crippen molar-refractivity contribution >= 4 is 19.7 Å². The predicted octanol–water partition coefficient (Wildman–Crippen LogP) is 16.6. The van der Waals surface area contributed by atoms with E-state index >= 15 is 0 Å². The molecule has 0 aliphatic heterocycles. The topological polar surface area (TPSA) is 111 Å². The Morgan fingerprint density at radius 3 is 1.39 bits per heavy atom. The van der Waals surface area contributed by atoms with Gasteiger partial charge >= 0.3 is 13.8 Å². The van der Waals surface area contributed by atoms with Crippen LogP contribution >= 0.6 is 7.82 Å². The van der Waals surface area contributed by atoms with Gasteiger partial charge in [-0.3, -0.25) is 18.6 Å². The highest BCUT2D eigenvalue weighted by atomic mass is 31.2. The zero-order valence-corrected chi connectivity index (χ0v) is 45.5. The van der Waals surface area contributed by atoms with Crippen LogP contribution in [0, 0.1) is 0 Å². The van der Waals surface area contributed by atoms with Gasteiger partial charge in [0.25, 0.3) is 0 Å². The van der Waals surface area contributed by atoms with Gasteiger partial charge in [-0.1, -0.05) is 217 Å². The Morgan fingerprint density at radius 1 is 0.522 bits per heavy atom. The van der Waals surface area contributed by atoms with Gasteiger partial charge in [0.15, 0.2) is 0 Å². The number of phosphoric acid groups is 1. The second-order valence-corrected chi connectivity index (χ2v) is 21.6. The SMILES string of the molecule is CCCCC/C=C\C/C=C\C/C=C\CCCCCCC(=O)NC(COP(=O)(O)OCC[N+](C)(C)C)C(/C=C/CCCCCCCCCCC)OC(=O)CCCCCCCCCCCCCCC. The number of ether oxygens (including phenoxy) is 1. The van der Waals surface area contributed by atoms with Crippen molar-refractivity contribution in [3.8, 4) is 0 Å². The summed E-state index contributed by atoms with van der Waals surface area (Å²) in [7, 11) is 1.48. The molecule has 0 rings (SSSR count). The average molecular weight is 964 g/mol. The fraction of sp³-hybridized carbons (Fsp3) is 0.825. The number of nitrogens with zero attached hydrogens (tertiary/aromatic N) is 1. The number of carbonyl (C=O) groups excluding carboxylic acids is 2. The molecule has 0 aliphatic rings. The molecular formula is C57H108N2O7P+. The molecule has 67 heavy (non-hydrogen) atoms. The predicted molar refractivity (Wildman–Crippen MR) is 286 cm³/mol. The lowest BCUT2D eigenvalue weighted by molar-refractivity contribution is -0.870. The highest BCUT2D eigenvalue weighted by Crippen LogP contribution is 2.43. The quantitative estimate of drug-likeness (QED) is 0.0205. The van der Waals surface area contributed by atoms with Crippen LogP contribution in [-0.4, -0.2) is 74.3 Å². The molecule has 0 saturated heterocycles. The fourth-order valence-electron chi connectivity index (χ4n) is 7.89. The summed E-state index contributed by atoms with van der Waals surface area (Å²) in [5, 5.41) is 3.03. The maximum absolute atomic E-state index is 13.5. The number of carbonyl (C=O) groups is 2. The number of nitrogens with one attached hydrogen (secondary N) is 1. The Morgan fingerprint density at radius 2 is 0.910 bits per heavy atom. The largest absolute Gasteiger partial charge is 0.472 e. The van der Waals surface area contributed by atoms with Gasteiger partial charge in [-0.15, -0.1) is 0 Å². The van der Waals surface area contributed by atoms with Crippen LogP contribution in [0.4, 0.5) is 0 Å². The summed E-state index contributed by atoms with van der Waals surface area (Å²) in [4.78, 5) is 37.5. The van der Waals surface area contributed by atoms with Crippen molar-refractivity contribution in [1.29, 1.82) is 0 Å². The minimum Gasteiger partial charge on any atom is -0.456 e. The molecule has 0 heterocycles. The molecule has 0 aromatic carbocycles. The molecule has 0 fully saturated rings. The van der Waals surface area contributed by atoms with Gasteiger partial charge in [-0.25, -0.2) is 4.57 Å². The molecule has 0 saturated carbocycles. The standard InChI is InChI=1S/C57H107N2O7P/c1-7-10-13-16-19-22-25-27-28-29-30-32-34-37-40-43-46-49-56(60)58-54(53-65-67(62,63)64-52-51-59(4,5)6)55(48-45-42-39-36-33-24-21-18-15-12-9-3)66-57(61)50-47-44-41-38-35-31-26-23-20-17-14-11-8-2/h19,22,27-28,30,32,45,48,54-55H,7-18,20-21,23-26,29,31,33-44,46-47,49-53H2,1-6H3,(H-,58,60,62,63)/p+1/b22-19-,28-27-,32-30-,48-45+. The van der Waals surface area contributed by atoms with Gasteiger partial charge in [0.1, 0.15) is 19.3 Å². The Kier molecular flexibility index (Phi) is 46.2. The number of amides is 1. The minimum absolute atomic E-state index is 0.0362. The summed E-state index contributed by atoms with van der Waals surface area (Å²) in [6.07, 6.45) is 56.7. The van der Waals surface area contributed by atoms with Crippen molar-refractivity contribution in [2.75, 3.05) is 40.9 Å². The van der Waals surface area contributed by atoms with E-state index in [0.29, 0.717) is 17.4 Å². The smallest absolute Gasteiger partial charge is 0.456 e. The first kappa shape index (κ1) is 65.0.